The maximum Gasteiger partial charge on any atom is 0.306 e. The first kappa shape index (κ1) is 21.8. The van der Waals surface area contributed by atoms with Crippen molar-refractivity contribution in [3.05, 3.63) is 45.2 Å². The van der Waals surface area contributed by atoms with Crippen molar-refractivity contribution >= 4 is 41.1 Å². The zero-order chi connectivity index (χ0) is 20.2. The van der Waals surface area contributed by atoms with Gasteiger partial charge in [-0.05, 0) is 31.3 Å². The van der Waals surface area contributed by atoms with E-state index in [0.29, 0.717) is 34.1 Å². The van der Waals surface area contributed by atoms with E-state index in [9.17, 15) is 14.4 Å². The van der Waals surface area contributed by atoms with Crippen LogP contribution in [0.2, 0.25) is 0 Å². The van der Waals surface area contributed by atoms with Crippen LogP contribution in [-0.4, -0.2) is 30.0 Å². The molecule has 1 aromatic carbocycles. The molecule has 0 aliphatic heterocycles. The third-order valence-corrected chi connectivity index (χ3v) is 6.80. The van der Waals surface area contributed by atoms with Crippen molar-refractivity contribution in [2.24, 2.45) is 5.92 Å². The minimum Gasteiger partial charge on any atom is -0.446 e. The Morgan fingerprint density at radius 1 is 1.15 bits per heavy atom. The topological polar surface area (TPSA) is 60.4 Å². The van der Waals surface area contributed by atoms with Gasteiger partial charge in [0.25, 0.3) is 0 Å². The molecule has 0 heterocycles. The van der Waals surface area contributed by atoms with Gasteiger partial charge in [0.1, 0.15) is 0 Å². The quantitative estimate of drug-likeness (QED) is 0.362. The number of Topliss-reactive ketones (excluding diaryl/α,β-unsaturated/α-hetero) is 2. The molecule has 146 valence electrons. The molecule has 0 spiro atoms. The highest BCUT2D eigenvalue weighted by Crippen LogP contribution is 2.45. The largest absolute Gasteiger partial charge is 0.446 e. The van der Waals surface area contributed by atoms with Crippen molar-refractivity contribution < 1.29 is 19.1 Å². The van der Waals surface area contributed by atoms with Gasteiger partial charge in [-0.15, -0.1) is 23.5 Å². The number of hydrogen-bond donors (Lipinski definition) is 0. The van der Waals surface area contributed by atoms with Gasteiger partial charge in [0, 0.05) is 17.5 Å². The van der Waals surface area contributed by atoms with E-state index in [2.05, 4.69) is 13.8 Å². The number of hydrogen-bond acceptors (Lipinski definition) is 6. The van der Waals surface area contributed by atoms with E-state index in [4.69, 9.17) is 4.74 Å². The number of rotatable bonds is 7. The zero-order valence-corrected chi connectivity index (χ0v) is 18.1. The molecule has 0 N–H and O–H groups in total. The van der Waals surface area contributed by atoms with Gasteiger partial charge in [-0.2, -0.15) is 0 Å². The molecule has 0 aromatic heterocycles. The fourth-order valence-corrected chi connectivity index (χ4v) is 4.67. The van der Waals surface area contributed by atoms with Crippen LogP contribution in [-0.2, 0) is 19.9 Å². The van der Waals surface area contributed by atoms with E-state index in [1.54, 1.807) is 31.2 Å². The fraction of sp³-hybridized carbons (Fsp3) is 0.476. The first-order chi connectivity index (χ1) is 12.8. The lowest BCUT2D eigenvalue weighted by Crippen LogP contribution is -2.47. The Kier molecular flexibility index (Phi) is 7.34. The van der Waals surface area contributed by atoms with E-state index in [-0.39, 0.29) is 17.8 Å². The standard InChI is InChI=1S/C21H26O4S2/c1-6-16(22)25-21(12-11-13(2)3)15-10-8-7-9-14(15)18(23)17(19(21)24)20(26-4)27-5/h7-10,13H,6,11-12H2,1-5H3. The van der Waals surface area contributed by atoms with Gasteiger partial charge >= 0.3 is 5.97 Å². The van der Waals surface area contributed by atoms with Crippen LogP contribution in [0.5, 0.6) is 0 Å². The molecule has 1 aliphatic rings. The van der Waals surface area contributed by atoms with Gasteiger partial charge in [-0.25, -0.2) is 0 Å². The monoisotopic (exact) mass is 406 g/mol. The summed E-state index contributed by atoms with van der Waals surface area (Å²) in [5.41, 5.74) is -0.344. The van der Waals surface area contributed by atoms with Gasteiger partial charge < -0.3 is 4.74 Å². The van der Waals surface area contributed by atoms with E-state index in [1.807, 2.05) is 12.5 Å². The number of ether oxygens (including phenoxy) is 1. The highest BCUT2D eigenvalue weighted by molar-refractivity contribution is 8.21. The van der Waals surface area contributed by atoms with Crippen LogP contribution in [0.3, 0.4) is 0 Å². The van der Waals surface area contributed by atoms with Gasteiger partial charge in [0.15, 0.2) is 5.78 Å². The Labute approximate surface area is 169 Å². The summed E-state index contributed by atoms with van der Waals surface area (Å²) in [5.74, 6) is -0.798. The minimum absolute atomic E-state index is 0.140. The number of ketones is 2. The van der Waals surface area contributed by atoms with Crippen molar-refractivity contribution in [2.75, 3.05) is 12.5 Å². The number of fused-ring (bicyclic) bond motifs is 1. The summed E-state index contributed by atoms with van der Waals surface area (Å²) in [6.07, 6.45) is 4.91. The molecule has 1 atom stereocenters. The van der Waals surface area contributed by atoms with E-state index in [1.165, 1.54) is 23.5 Å². The van der Waals surface area contributed by atoms with Crippen molar-refractivity contribution in [2.45, 2.75) is 45.6 Å². The number of thioether (sulfide) groups is 2. The molecule has 6 heteroatoms. The fourth-order valence-electron chi connectivity index (χ4n) is 3.23. The van der Waals surface area contributed by atoms with Gasteiger partial charge in [-0.3, -0.25) is 14.4 Å². The normalized spacial score (nSPS) is 19.3. The third-order valence-electron chi connectivity index (χ3n) is 4.65. The van der Waals surface area contributed by atoms with Crippen molar-refractivity contribution in [3.8, 4) is 0 Å². The maximum absolute atomic E-state index is 13.7. The number of carbonyl (C=O) groups excluding carboxylic acids is 3. The highest BCUT2D eigenvalue weighted by Gasteiger charge is 2.52. The molecule has 0 saturated carbocycles. The van der Waals surface area contributed by atoms with Gasteiger partial charge in [0.2, 0.25) is 11.4 Å². The molecule has 0 radical (unpaired) electrons. The molecule has 0 bridgehead atoms. The van der Waals surface area contributed by atoms with Crippen LogP contribution in [0.4, 0.5) is 0 Å². The van der Waals surface area contributed by atoms with Crippen molar-refractivity contribution in [1.29, 1.82) is 0 Å². The summed E-state index contributed by atoms with van der Waals surface area (Å²) in [5, 5.41) is 0. The predicted molar refractivity (Wildman–Crippen MR) is 112 cm³/mol. The second-order valence-corrected chi connectivity index (χ2v) is 8.75. The van der Waals surface area contributed by atoms with Crippen LogP contribution in [0.25, 0.3) is 0 Å². The molecule has 0 amide bonds. The van der Waals surface area contributed by atoms with E-state index < -0.39 is 17.4 Å². The number of carbonyl (C=O) groups is 3. The third kappa shape index (κ3) is 4.16. The summed E-state index contributed by atoms with van der Waals surface area (Å²) in [6, 6.07) is 7.01. The van der Waals surface area contributed by atoms with Crippen LogP contribution in [0.15, 0.2) is 34.1 Å². The summed E-state index contributed by atoms with van der Waals surface area (Å²) < 4.78 is 6.50. The Hall–Kier alpha value is -1.53. The Bertz CT molecular complexity index is 776. The predicted octanol–water partition coefficient (Wildman–Crippen LogP) is 4.97. The van der Waals surface area contributed by atoms with Gasteiger partial charge in [-0.1, -0.05) is 45.0 Å². The van der Waals surface area contributed by atoms with Gasteiger partial charge in [0.05, 0.1) is 9.81 Å². The van der Waals surface area contributed by atoms with E-state index >= 15 is 0 Å². The van der Waals surface area contributed by atoms with Crippen LogP contribution < -0.4 is 0 Å². The van der Waals surface area contributed by atoms with Crippen LogP contribution >= 0.6 is 23.5 Å². The first-order valence-corrected chi connectivity index (χ1v) is 11.5. The highest BCUT2D eigenvalue weighted by atomic mass is 32.2. The molecule has 0 saturated heterocycles. The Morgan fingerprint density at radius 3 is 2.33 bits per heavy atom. The lowest BCUT2D eigenvalue weighted by atomic mass is 9.72. The molecule has 2 rings (SSSR count). The lowest BCUT2D eigenvalue weighted by molar-refractivity contribution is -0.168. The summed E-state index contributed by atoms with van der Waals surface area (Å²) in [7, 11) is 0. The second kappa shape index (κ2) is 9.11. The second-order valence-electron chi connectivity index (χ2n) is 6.86. The molecular weight excluding hydrogens is 380 g/mol. The smallest absolute Gasteiger partial charge is 0.306 e. The maximum atomic E-state index is 13.7. The van der Waals surface area contributed by atoms with Crippen molar-refractivity contribution in [3.63, 3.8) is 0 Å². The molecule has 27 heavy (non-hydrogen) atoms. The molecule has 1 aromatic rings. The molecule has 1 aliphatic carbocycles. The summed E-state index contributed by atoms with van der Waals surface area (Å²) >= 11 is 2.74. The average molecular weight is 407 g/mol. The van der Waals surface area contributed by atoms with Crippen LogP contribution in [0, 0.1) is 5.92 Å². The molecule has 0 fully saturated rings. The SMILES string of the molecule is CCC(=O)OC1(CCC(C)C)C(=O)C(=C(SC)SC)C(=O)c2ccccc21. The summed E-state index contributed by atoms with van der Waals surface area (Å²) in [6.45, 7) is 5.83. The minimum atomic E-state index is -1.44. The molecule has 1 unspecified atom stereocenters. The number of benzene rings is 1. The number of esters is 1. The lowest BCUT2D eigenvalue weighted by Gasteiger charge is -2.38. The first-order valence-electron chi connectivity index (χ1n) is 9.05. The molecule has 4 nitrogen and oxygen atoms in total. The van der Waals surface area contributed by atoms with Crippen molar-refractivity contribution in [1.82, 2.24) is 0 Å². The zero-order valence-electron chi connectivity index (χ0n) is 16.5. The Balaban J connectivity index is 2.79. The van der Waals surface area contributed by atoms with Crippen LogP contribution in [0.1, 0.15) is 56.0 Å². The Morgan fingerprint density at radius 2 is 1.78 bits per heavy atom. The molecular formula is C21H26O4S2. The average Bonchev–Trinajstić information content (AvgIpc) is 2.67. The van der Waals surface area contributed by atoms with E-state index in [0.717, 1.165) is 0 Å². The summed E-state index contributed by atoms with van der Waals surface area (Å²) in [4.78, 5) is 39.1.